The molecule has 170 valence electrons. The van der Waals surface area contributed by atoms with Crippen molar-refractivity contribution in [3.05, 3.63) is 60.8 Å². The van der Waals surface area contributed by atoms with E-state index in [0.29, 0.717) is 23.2 Å². The third-order valence-corrected chi connectivity index (χ3v) is 7.27. The molecule has 1 atom stereocenters. The van der Waals surface area contributed by atoms with Gasteiger partial charge in [-0.25, -0.2) is 8.78 Å². The number of fused-ring (bicyclic) bond motifs is 1. The lowest BCUT2D eigenvalue weighted by molar-refractivity contribution is 0.104. The summed E-state index contributed by atoms with van der Waals surface area (Å²) in [6, 6.07) is 6.94. The maximum absolute atomic E-state index is 13.9. The number of hydrogen-bond donors (Lipinski definition) is 0. The van der Waals surface area contributed by atoms with Crippen LogP contribution in [0.25, 0.3) is 11.6 Å². The average molecular weight is 531 g/mol. The highest BCUT2D eigenvalue weighted by Gasteiger charge is 2.34. The molecule has 0 saturated carbocycles. The lowest BCUT2D eigenvalue weighted by atomic mass is 9.99. The van der Waals surface area contributed by atoms with Crippen LogP contribution in [-0.2, 0) is 0 Å². The van der Waals surface area contributed by atoms with Crippen molar-refractivity contribution in [2.24, 2.45) is 5.92 Å². The first-order valence-electron chi connectivity index (χ1n) is 10.6. The molecule has 1 aliphatic rings. The van der Waals surface area contributed by atoms with E-state index < -0.39 is 17.4 Å². The monoisotopic (exact) mass is 530 g/mol. The zero-order valence-corrected chi connectivity index (χ0v) is 20.6. The maximum Gasteiger partial charge on any atom is 0.194 e. The van der Waals surface area contributed by atoms with Crippen LogP contribution in [0.5, 0.6) is 5.75 Å². The fourth-order valence-electron chi connectivity index (χ4n) is 3.68. The molecule has 0 spiro atoms. The van der Waals surface area contributed by atoms with E-state index in [-0.39, 0.29) is 27.8 Å². The lowest BCUT2D eigenvalue weighted by Crippen LogP contribution is -2.11. The topological polar surface area (TPSA) is 73.9 Å². The van der Waals surface area contributed by atoms with Crippen LogP contribution in [-0.4, -0.2) is 12.4 Å². The normalized spacial score (nSPS) is 14.7. The summed E-state index contributed by atoms with van der Waals surface area (Å²) in [5.74, 6) is -1.81. The van der Waals surface area contributed by atoms with Gasteiger partial charge in [0.2, 0.25) is 0 Å². The van der Waals surface area contributed by atoms with Crippen LogP contribution in [0.2, 0.25) is 0 Å². The predicted molar refractivity (Wildman–Crippen MR) is 128 cm³/mol. The number of hydrogen-bond acceptors (Lipinski definition) is 5. The summed E-state index contributed by atoms with van der Waals surface area (Å²) in [4.78, 5) is 13.7. The van der Waals surface area contributed by atoms with E-state index in [2.05, 4.69) is 29.8 Å². The summed E-state index contributed by atoms with van der Waals surface area (Å²) in [6.07, 6.45) is 5.90. The van der Waals surface area contributed by atoms with E-state index in [4.69, 9.17) is 4.74 Å². The lowest BCUT2D eigenvalue weighted by Gasteiger charge is -2.15. The molecule has 1 aromatic heterocycles. The van der Waals surface area contributed by atoms with Crippen LogP contribution < -0.4 is 4.74 Å². The highest BCUT2D eigenvalue weighted by molar-refractivity contribution is 9.11. The Morgan fingerprint density at radius 3 is 2.45 bits per heavy atom. The third-order valence-electron chi connectivity index (χ3n) is 5.54. The number of benzene rings is 1. The van der Waals surface area contributed by atoms with Crippen LogP contribution in [0, 0.1) is 40.2 Å². The Bertz CT molecular complexity index is 1220. The summed E-state index contributed by atoms with van der Waals surface area (Å²) < 4.78 is 34.4. The number of halogens is 3. The van der Waals surface area contributed by atoms with E-state index in [1.165, 1.54) is 17.4 Å². The van der Waals surface area contributed by atoms with Crippen LogP contribution >= 0.6 is 27.3 Å². The van der Waals surface area contributed by atoms with Crippen molar-refractivity contribution in [3.8, 4) is 17.9 Å². The number of Topliss-reactive ketones (excluding diaryl/α,β-unsaturated/α-hetero) is 1. The number of carbonyl (C=O) groups excluding carboxylic acids is 1. The number of allylic oxidation sites excluding steroid dienone is 3. The third kappa shape index (κ3) is 5.24. The van der Waals surface area contributed by atoms with E-state index >= 15 is 0 Å². The number of ether oxygens (including phenoxy) is 1. The van der Waals surface area contributed by atoms with Crippen LogP contribution in [0.1, 0.15) is 60.3 Å². The summed E-state index contributed by atoms with van der Waals surface area (Å²) in [5.41, 5.74) is -0.323. The zero-order valence-electron chi connectivity index (χ0n) is 18.2. The average Bonchev–Trinajstić information content (AvgIpc) is 3.27. The summed E-state index contributed by atoms with van der Waals surface area (Å²) in [7, 11) is 0. The van der Waals surface area contributed by atoms with Crippen LogP contribution in [0.3, 0.4) is 0 Å². The van der Waals surface area contributed by atoms with Gasteiger partial charge in [0.15, 0.2) is 17.4 Å². The molecular weight excluding hydrogens is 510 g/mol. The molecule has 4 nitrogen and oxygen atoms in total. The zero-order chi connectivity index (χ0) is 24.1. The van der Waals surface area contributed by atoms with Crippen molar-refractivity contribution in [2.75, 3.05) is 6.61 Å². The molecule has 1 unspecified atom stereocenters. The van der Waals surface area contributed by atoms with Crippen molar-refractivity contribution >= 4 is 44.7 Å². The molecule has 0 fully saturated rings. The van der Waals surface area contributed by atoms with Gasteiger partial charge in [-0.1, -0.05) is 33.1 Å². The SMILES string of the molecule is CCCCC(CC)COc1cc(C=C2C(=O)c3cc(F)c(F)cc3C2=C(C#N)C#N)sc1Br. The van der Waals surface area contributed by atoms with Gasteiger partial charge >= 0.3 is 0 Å². The van der Waals surface area contributed by atoms with Crippen molar-refractivity contribution < 1.29 is 18.3 Å². The molecule has 3 rings (SSSR count). The second-order valence-electron chi connectivity index (χ2n) is 7.69. The molecule has 0 amide bonds. The minimum atomic E-state index is -1.17. The molecule has 2 aromatic rings. The molecule has 1 aliphatic carbocycles. The molecule has 0 N–H and O–H groups in total. The predicted octanol–water partition coefficient (Wildman–Crippen LogP) is 7.46. The Hall–Kier alpha value is -2.81. The van der Waals surface area contributed by atoms with Gasteiger partial charge in [-0.2, -0.15) is 10.5 Å². The molecule has 1 heterocycles. The highest BCUT2D eigenvalue weighted by atomic mass is 79.9. The van der Waals surface area contributed by atoms with Crippen LogP contribution in [0.4, 0.5) is 8.78 Å². The van der Waals surface area contributed by atoms with Gasteiger partial charge in [-0.3, -0.25) is 4.79 Å². The molecule has 33 heavy (non-hydrogen) atoms. The molecule has 8 heteroatoms. The van der Waals surface area contributed by atoms with Gasteiger partial charge in [0.25, 0.3) is 0 Å². The number of nitrogens with zero attached hydrogens (tertiary/aromatic N) is 2. The van der Waals surface area contributed by atoms with Gasteiger partial charge in [0, 0.05) is 21.6 Å². The second-order valence-corrected chi connectivity index (χ2v) is 10.1. The molecule has 0 aliphatic heterocycles. The summed E-state index contributed by atoms with van der Waals surface area (Å²) in [5, 5.41) is 18.8. The largest absolute Gasteiger partial charge is 0.491 e. The summed E-state index contributed by atoms with van der Waals surface area (Å²) in [6.45, 7) is 4.86. The quantitative estimate of drug-likeness (QED) is 0.262. The first-order chi connectivity index (χ1) is 15.8. The number of nitriles is 2. The second kappa shape index (κ2) is 10.9. The summed E-state index contributed by atoms with van der Waals surface area (Å²) >= 11 is 4.81. The van der Waals surface area contributed by atoms with Crippen molar-refractivity contribution in [2.45, 2.75) is 39.5 Å². The molecular formula is C25H21BrF2N2O2S. The number of carbonyl (C=O) groups is 1. The van der Waals surface area contributed by atoms with Gasteiger partial charge in [0.05, 0.1) is 6.61 Å². The number of unbranched alkanes of at least 4 members (excludes halogenated alkanes) is 1. The molecule has 0 radical (unpaired) electrons. The number of ketones is 1. The fraction of sp³-hybridized carbons (Fsp3) is 0.320. The van der Waals surface area contributed by atoms with Crippen LogP contribution in [0.15, 0.2) is 33.1 Å². The fourth-order valence-corrected chi connectivity index (χ4v) is 5.23. The number of rotatable bonds is 8. The van der Waals surface area contributed by atoms with Crippen molar-refractivity contribution in [1.82, 2.24) is 0 Å². The minimum absolute atomic E-state index is 0.0107. The van der Waals surface area contributed by atoms with Gasteiger partial charge < -0.3 is 4.74 Å². The van der Waals surface area contributed by atoms with Gasteiger partial charge in [-0.15, -0.1) is 11.3 Å². The Labute approximate surface area is 203 Å². The Morgan fingerprint density at radius 1 is 1.18 bits per heavy atom. The van der Waals surface area contributed by atoms with Crippen molar-refractivity contribution in [3.63, 3.8) is 0 Å². The Morgan fingerprint density at radius 2 is 1.85 bits per heavy atom. The highest BCUT2D eigenvalue weighted by Crippen LogP contribution is 2.43. The smallest absolute Gasteiger partial charge is 0.194 e. The van der Waals surface area contributed by atoms with E-state index in [0.717, 1.165) is 41.6 Å². The molecule has 0 bridgehead atoms. The Balaban J connectivity index is 1.98. The van der Waals surface area contributed by atoms with E-state index in [9.17, 15) is 24.1 Å². The number of thiophene rings is 1. The first-order valence-corrected chi connectivity index (χ1v) is 12.2. The maximum atomic E-state index is 13.9. The van der Waals surface area contributed by atoms with Crippen molar-refractivity contribution in [1.29, 1.82) is 10.5 Å². The first kappa shape index (κ1) is 24.8. The Kier molecular flexibility index (Phi) is 8.18. The van der Waals surface area contributed by atoms with Gasteiger partial charge in [0.1, 0.15) is 27.2 Å². The standard InChI is InChI=1S/C25H21BrF2N2O2S/c1-3-5-6-14(4-2)13-32-22-8-16(33-25(22)26)7-19-23(15(11-29)12-30)17-9-20(27)21(28)10-18(17)24(19)31/h7-10,14H,3-6,13H2,1-2H3. The van der Waals surface area contributed by atoms with Gasteiger partial charge in [-0.05, 0) is 58.1 Å². The van der Waals surface area contributed by atoms with E-state index in [1.807, 2.05) is 0 Å². The molecule has 0 saturated heterocycles. The van der Waals surface area contributed by atoms with E-state index in [1.54, 1.807) is 18.2 Å². The minimum Gasteiger partial charge on any atom is -0.491 e. The molecule has 1 aromatic carbocycles.